The molecular formula is C27H29N3O7S. The van der Waals surface area contributed by atoms with Crippen LogP contribution in [0.2, 0.25) is 0 Å². The van der Waals surface area contributed by atoms with Gasteiger partial charge < -0.3 is 24.4 Å². The molecule has 0 unspecified atom stereocenters. The summed E-state index contributed by atoms with van der Waals surface area (Å²) < 4.78 is 42.5. The maximum absolute atomic E-state index is 13.1. The van der Waals surface area contributed by atoms with Gasteiger partial charge in [-0.15, -0.1) is 0 Å². The summed E-state index contributed by atoms with van der Waals surface area (Å²) in [5, 5.41) is 2.74. The lowest BCUT2D eigenvalue weighted by Crippen LogP contribution is -2.35. The predicted molar refractivity (Wildman–Crippen MR) is 143 cm³/mol. The van der Waals surface area contributed by atoms with Gasteiger partial charge >= 0.3 is 0 Å². The van der Waals surface area contributed by atoms with Crippen molar-refractivity contribution >= 4 is 33.2 Å². The zero-order chi connectivity index (χ0) is 27.4. The van der Waals surface area contributed by atoms with E-state index in [-0.39, 0.29) is 16.6 Å². The number of likely N-dealkylation sites (N-methyl/N-ethyl adjacent to an activating group) is 1. The van der Waals surface area contributed by atoms with Crippen LogP contribution in [-0.2, 0) is 21.2 Å². The molecule has 38 heavy (non-hydrogen) atoms. The topological polar surface area (TPSA) is 114 Å². The summed E-state index contributed by atoms with van der Waals surface area (Å²) in [6.45, 7) is 0.103. The molecule has 0 aliphatic carbocycles. The zero-order valence-electron chi connectivity index (χ0n) is 21.6. The molecule has 0 saturated carbocycles. The third kappa shape index (κ3) is 5.43. The summed E-state index contributed by atoms with van der Waals surface area (Å²) in [5.74, 6) is 0.630. The normalized spacial score (nSPS) is 12.7. The molecule has 0 radical (unpaired) electrons. The van der Waals surface area contributed by atoms with Crippen molar-refractivity contribution in [2.75, 3.05) is 51.7 Å². The summed E-state index contributed by atoms with van der Waals surface area (Å²) in [6.07, 6.45) is 0.692. The number of carbonyl (C=O) groups excluding carboxylic acids is 2. The molecule has 0 saturated heterocycles. The molecule has 3 aromatic rings. The van der Waals surface area contributed by atoms with Gasteiger partial charge in [0.25, 0.3) is 5.91 Å². The number of amides is 2. The van der Waals surface area contributed by atoms with Gasteiger partial charge in [0.05, 0.1) is 32.8 Å². The number of rotatable bonds is 9. The molecular weight excluding hydrogens is 510 g/mol. The molecule has 0 bridgehead atoms. The minimum atomic E-state index is -3.97. The lowest BCUT2D eigenvalue weighted by atomic mass is 10.1. The highest BCUT2D eigenvalue weighted by Gasteiger charge is 2.27. The van der Waals surface area contributed by atoms with Crippen LogP contribution in [0.4, 0.5) is 11.4 Å². The van der Waals surface area contributed by atoms with Crippen LogP contribution in [0.5, 0.6) is 17.2 Å². The molecule has 11 heteroatoms. The molecule has 1 aliphatic rings. The monoisotopic (exact) mass is 539 g/mol. The Morgan fingerprint density at radius 2 is 1.63 bits per heavy atom. The maximum Gasteiger partial charge on any atom is 0.258 e. The molecule has 0 spiro atoms. The fourth-order valence-corrected chi connectivity index (χ4v) is 5.35. The Balaban J connectivity index is 1.46. The second-order valence-electron chi connectivity index (χ2n) is 8.60. The quantitative estimate of drug-likeness (QED) is 0.444. The van der Waals surface area contributed by atoms with Crippen molar-refractivity contribution in [3.8, 4) is 17.2 Å². The van der Waals surface area contributed by atoms with E-state index in [1.165, 1.54) is 39.5 Å². The van der Waals surface area contributed by atoms with Crippen molar-refractivity contribution in [3.05, 3.63) is 71.8 Å². The van der Waals surface area contributed by atoms with Crippen molar-refractivity contribution in [2.45, 2.75) is 11.3 Å². The predicted octanol–water partition coefficient (Wildman–Crippen LogP) is 3.17. The maximum atomic E-state index is 13.1. The fraction of sp³-hybridized carbons (Fsp3) is 0.259. The van der Waals surface area contributed by atoms with Crippen LogP contribution >= 0.6 is 0 Å². The minimum Gasteiger partial charge on any atom is -0.497 e. The summed E-state index contributed by atoms with van der Waals surface area (Å²) in [4.78, 5) is 27.5. The zero-order valence-corrected chi connectivity index (χ0v) is 22.4. The Morgan fingerprint density at radius 1 is 0.921 bits per heavy atom. The second kappa shape index (κ2) is 11.1. The van der Waals surface area contributed by atoms with Crippen LogP contribution in [0.25, 0.3) is 0 Å². The van der Waals surface area contributed by atoms with Crippen molar-refractivity contribution in [1.82, 2.24) is 4.31 Å². The number of benzene rings is 3. The van der Waals surface area contributed by atoms with Crippen LogP contribution in [0.3, 0.4) is 0 Å². The number of sulfonamides is 1. The molecule has 1 heterocycles. The van der Waals surface area contributed by atoms with Crippen LogP contribution < -0.4 is 24.4 Å². The number of carbonyl (C=O) groups is 2. The Kier molecular flexibility index (Phi) is 7.88. The number of ether oxygens (including phenoxy) is 3. The Hall–Kier alpha value is -4.09. The summed E-state index contributed by atoms with van der Waals surface area (Å²) in [6, 6.07) is 16.4. The van der Waals surface area contributed by atoms with Gasteiger partial charge in [-0.2, -0.15) is 4.31 Å². The summed E-state index contributed by atoms with van der Waals surface area (Å²) >= 11 is 0. The Labute approximate surface area is 221 Å². The molecule has 0 aromatic heterocycles. The number of methoxy groups -OCH3 is 3. The lowest BCUT2D eigenvalue weighted by Gasteiger charge is -2.20. The van der Waals surface area contributed by atoms with Crippen LogP contribution in [-0.4, -0.2) is 66.0 Å². The van der Waals surface area contributed by atoms with Gasteiger partial charge in [0, 0.05) is 36.6 Å². The molecule has 0 atom stereocenters. The van der Waals surface area contributed by atoms with Crippen molar-refractivity contribution in [1.29, 1.82) is 0 Å². The van der Waals surface area contributed by atoms with E-state index in [1.807, 2.05) is 6.07 Å². The smallest absolute Gasteiger partial charge is 0.258 e. The van der Waals surface area contributed by atoms with Gasteiger partial charge in [0.2, 0.25) is 15.9 Å². The van der Waals surface area contributed by atoms with Gasteiger partial charge in [0.15, 0.2) is 11.5 Å². The first-order chi connectivity index (χ1) is 18.2. The van der Waals surface area contributed by atoms with Crippen LogP contribution in [0.1, 0.15) is 15.9 Å². The number of fused-ring (bicyclic) bond motifs is 1. The van der Waals surface area contributed by atoms with Gasteiger partial charge in [0.1, 0.15) is 5.75 Å². The number of hydrogen-bond acceptors (Lipinski definition) is 7. The van der Waals surface area contributed by atoms with Crippen molar-refractivity contribution in [2.24, 2.45) is 0 Å². The fourth-order valence-electron chi connectivity index (χ4n) is 4.20. The Bertz CT molecular complexity index is 1460. The molecule has 1 N–H and O–H groups in total. The van der Waals surface area contributed by atoms with E-state index < -0.39 is 22.5 Å². The highest BCUT2D eigenvalue weighted by atomic mass is 32.2. The van der Waals surface area contributed by atoms with E-state index in [2.05, 4.69) is 5.32 Å². The third-order valence-electron chi connectivity index (χ3n) is 6.28. The first-order valence-corrected chi connectivity index (χ1v) is 13.2. The lowest BCUT2D eigenvalue weighted by molar-refractivity contribution is -0.116. The number of nitrogens with one attached hydrogen (secondary N) is 1. The first-order valence-electron chi connectivity index (χ1n) is 11.7. The van der Waals surface area contributed by atoms with Gasteiger partial charge in [-0.3, -0.25) is 9.59 Å². The number of nitrogens with zero attached hydrogens (tertiary/aromatic N) is 2. The van der Waals surface area contributed by atoms with E-state index in [0.717, 1.165) is 9.87 Å². The van der Waals surface area contributed by atoms with Crippen molar-refractivity contribution < 1.29 is 32.2 Å². The van der Waals surface area contributed by atoms with E-state index in [4.69, 9.17) is 14.2 Å². The SMILES string of the molecule is COc1ccc(C(=O)N2CCc3ccc(NC(=O)CN(C)S(=O)(=O)c4ccc(OC)c(OC)c4)cc32)cc1. The van der Waals surface area contributed by atoms with Crippen LogP contribution in [0, 0.1) is 0 Å². The highest BCUT2D eigenvalue weighted by molar-refractivity contribution is 7.89. The third-order valence-corrected chi connectivity index (χ3v) is 8.08. The molecule has 1 aliphatic heterocycles. The second-order valence-corrected chi connectivity index (χ2v) is 10.6. The van der Waals surface area contributed by atoms with E-state index >= 15 is 0 Å². The van der Waals surface area contributed by atoms with Gasteiger partial charge in [-0.1, -0.05) is 6.07 Å². The molecule has 2 amide bonds. The Morgan fingerprint density at radius 3 is 2.29 bits per heavy atom. The van der Waals surface area contributed by atoms with Gasteiger partial charge in [-0.05, 0) is 60.5 Å². The summed E-state index contributed by atoms with van der Waals surface area (Å²) in [7, 11) is 1.78. The largest absolute Gasteiger partial charge is 0.497 e. The molecule has 3 aromatic carbocycles. The first kappa shape index (κ1) is 27.0. The molecule has 10 nitrogen and oxygen atoms in total. The number of anilines is 2. The van der Waals surface area contributed by atoms with E-state index in [0.29, 0.717) is 41.4 Å². The average Bonchev–Trinajstić information content (AvgIpc) is 3.35. The minimum absolute atomic E-state index is 0.0318. The molecule has 4 rings (SSSR count). The van der Waals surface area contributed by atoms with Crippen molar-refractivity contribution in [3.63, 3.8) is 0 Å². The van der Waals surface area contributed by atoms with E-state index in [1.54, 1.807) is 48.4 Å². The van der Waals surface area contributed by atoms with Crippen LogP contribution in [0.15, 0.2) is 65.6 Å². The van der Waals surface area contributed by atoms with Gasteiger partial charge in [-0.25, -0.2) is 8.42 Å². The van der Waals surface area contributed by atoms with E-state index in [9.17, 15) is 18.0 Å². The highest BCUT2D eigenvalue weighted by Crippen LogP contribution is 2.33. The standard InChI is InChI=1S/C27H29N3O7S/c1-29(38(33,34)22-11-12-24(36-3)25(16-22)37-4)17-26(31)28-20-8-5-18-13-14-30(23(18)15-20)27(32)19-6-9-21(35-2)10-7-19/h5-12,15-16H,13-14,17H2,1-4H3,(H,28,31). The molecule has 200 valence electrons. The average molecular weight is 540 g/mol. The number of hydrogen-bond donors (Lipinski definition) is 1. The summed E-state index contributed by atoms with van der Waals surface area (Å²) in [5.41, 5.74) is 2.67. The molecule has 0 fully saturated rings.